The van der Waals surface area contributed by atoms with Gasteiger partial charge in [-0.1, -0.05) is 13.3 Å². The predicted octanol–water partition coefficient (Wildman–Crippen LogP) is 1.41. The molecule has 0 saturated carbocycles. The van der Waals surface area contributed by atoms with Crippen LogP contribution in [0.25, 0.3) is 0 Å². The van der Waals surface area contributed by atoms with E-state index in [1.165, 1.54) is 12.8 Å². The largest absolute Gasteiger partial charge is 0.372 e. The zero-order chi connectivity index (χ0) is 12.8. The fourth-order valence-electron chi connectivity index (χ4n) is 3.06. The van der Waals surface area contributed by atoms with Crippen LogP contribution >= 0.6 is 0 Å². The molecule has 0 aromatic rings. The Morgan fingerprint density at radius 2 is 2.33 bits per heavy atom. The van der Waals surface area contributed by atoms with E-state index in [4.69, 9.17) is 4.74 Å². The molecule has 2 aliphatic heterocycles. The van der Waals surface area contributed by atoms with Crippen LogP contribution in [0.4, 0.5) is 0 Å². The molecule has 2 fully saturated rings. The summed E-state index contributed by atoms with van der Waals surface area (Å²) in [6, 6.07) is 0. The maximum atomic E-state index is 12.1. The standard InChI is InChI=1S/C14H26N2O2/c1-2-3-9-18-10-13(17)16-8-4-5-14(12-16)6-7-15-11-14/h15H,2-12H2,1H3/t14-/m1/s1. The van der Waals surface area contributed by atoms with Gasteiger partial charge in [0, 0.05) is 31.7 Å². The Balaban J connectivity index is 1.75. The number of carbonyl (C=O) groups excluding carboxylic acids is 1. The van der Waals surface area contributed by atoms with Gasteiger partial charge >= 0.3 is 0 Å². The van der Waals surface area contributed by atoms with Gasteiger partial charge in [0.1, 0.15) is 6.61 Å². The molecule has 4 heteroatoms. The molecule has 1 spiro atoms. The second kappa shape index (κ2) is 6.53. The monoisotopic (exact) mass is 254 g/mol. The van der Waals surface area contributed by atoms with Crippen molar-refractivity contribution in [2.45, 2.75) is 39.0 Å². The molecule has 1 atom stereocenters. The van der Waals surface area contributed by atoms with Crippen LogP contribution in [0.5, 0.6) is 0 Å². The highest BCUT2D eigenvalue weighted by atomic mass is 16.5. The van der Waals surface area contributed by atoms with Crippen molar-refractivity contribution < 1.29 is 9.53 Å². The van der Waals surface area contributed by atoms with Gasteiger partial charge in [0.05, 0.1) is 0 Å². The van der Waals surface area contributed by atoms with Crippen molar-refractivity contribution in [1.29, 1.82) is 0 Å². The molecule has 0 aromatic heterocycles. The van der Waals surface area contributed by atoms with E-state index in [0.29, 0.717) is 12.0 Å². The maximum absolute atomic E-state index is 12.1. The third kappa shape index (κ3) is 3.45. The predicted molar refractivity (Wildman–Crippen MR) is 71.5 cm³/mol. The van der Waals surface area contributed by atoms with Crippen LogP contribution in [0, 0.1) is 5.41 Å². The lowest BCUT2D eigenvalue weighted by Gasteiger charge is -2.40. The molecule has 2 saturated heterocycles. The Kier molecular flexibility index (Phi) is 5.01. The highest BCUT2D eigenvalue weighted by Gasteiger charge is 2.39. The normalized spacial score (nSPS) is 27.9. The van der Waals surface area contributed by atoms with Crippen molar-refractivity contribution in [1.82, 2.24) is 10.2 Å². The number of unbranched alkanes of at least 4 members (excludes halogenated alkanes) is 1. The van der Waals surface area contributed by atoms with Crippen LogP contribution in [0.3, 0.4) is 0 Å². The molecule has 1 amide bonds. The van der Waals surface area contributed by atoms with Crippen molar-refractivity contribution >= 4 is 5.91 Å². The van der Waals surface area contributed by atoms with Gasteiger partial charge in [-0.25, -0.2) is 0 Å². The molecule has 1 N–H and O–H groups in total. The van der Waals surface area contributed by atoms with Crippen molar-refractivity contribution in [2.75, 3.05) is 39.4 Å². The van der Waals surface area contributed by atoms with E-state index in [1.807, 2.05) is 4.90 Å². The second-order valence-corrected chi connectivity index (χ2v) is 5.75. The maximum Gasteiger partial charge on any atom is 0.248 e. The van der Waals surface area contributed by atoms with E-state index in [2.05, 4.69) is 12.2 Å². The third-order valence-corrected chi connectivity index (χ3v) is 4.21. The lowest BCUT2D eigenvalue weighted by atomic mass is 9.79. The summed E-state index contributed by atoms with van der Waals surface area (Å²) < 4.78 is 5.43. The number of piperidine rings is 1. The number of nitrogens with zero attached hydrogens (tertiary/aromatic N) is 1. The number of hydrogen-bond donors (Lipinski definition) is 1. The number of nitrogens with one attached hydrogen (secondary N) is 1. The number of carbonyl (C=O) groups is 1. The Labute approximate surface area is 110 Å². The quantitative estimate of drug-likeness (QED) is 0.754. The fourth-order valence-corrected chi connectivity index (χ4v) is 3.06. The van der Waals surface area contributed by atoms with Gasteiger partial charge < -0.3 is 15.0 Å². The van der Waals surface area contributed by atoms with Crippen LogP contribution in [0.15, 0.2) is 0 Å². The molecule has 2 heterocycles. The Bertz CT molecular complexity index is 275. The Hall–Kier alpha value is -0.610. The van der Waals surface area contributed by atoms with Crippen molar-refractivity contribution in [3.63, 3.8) is 0 Å². The lowest BCUT2D eigenvalue weighted by molar-refractivity contribution is -0.139. The fraction of sp³-hybridized carbons (Fsp3) is 0.929. The number of hydrogen-bond acceptors (Lipinski definition) is 3. The van der Waals surface area contributed by atoms with Crippen LogP contribution in [0.2, 0.25) is 0 Å². The molecule has 0 unspecified atom stereocenters. The summed E-state index contributed by atoms with van der Waals surface area (Å²) >= 11 is 0. The minimum absolute atomic E-state index is 0.178. The molecule has 4 nitrogen and oxygen atoms in total. The van der Waals surface area contributed by atoms with Gasteiger partial charge in [0.15, 0.2) is 0 Å². The highest BCUT2D eigenvalue weighted by Crippen LogP contribution is 2.35. The summed E-state index contributed by atoms with van der Waals surface area (Å²) in [4.78, 5) is 14.1. The summed E-state index contributed by atoms with van der Waals surface area (Å²) in [5.74, 6) is 0.178. The van der Waals surface area contributed by atoms with E-state index in [1.54, 1.807) is 0 Å². The number of amides is 1. The molecular weight excluding hydrogens is 228 g/mol. The molecule has 2 aliphatic rings. The van der Waals surface area contributed by atoms with Gasteiger partial charge in [0.2, 0.25) is 5.91 Å². The highest BCUT2D eigenvalue weighted by molar-refractivity contribution is 5.77. The molecule has 2 rings (SSSR count). The van der Waals surface area contributed by atoms with Crippen LogP contribution in [0.1, 0.15) is 39.0 Å². The first-order valence-corrected chi connectivity index (χ1v) is 7.32. The molecule has 0 aromatic carbocycles. The Morgan fingerprint density at radius 1 is 1.44 bits per heavy atom. The first-order chi connectivity index (χ1) is 8.76. The van der Waals surface area contributed by atoms with Crippen molar-refractivity contribution in [3.05, 3.63) is 0 Å². The van der Waals surface area contributed by atoms with Crippen molar-refractivity contribution in [2.24, 2.45) is 5.41 Å². The van der Waals surface area contributed by atoms with E-state index >= 15 is 0 Å². The minimum Gasteiger partial charge on any atom is -0.372 e. The third-order valence-electron chi connectivity index (χ3n) is 4.21. The average molecular weight is 254 g/mol. The Morgan fingerprint density at radius 3 is 3.06 bits per heavy atom. The lowest BCUT2D eigenvalue weighted by Crippen LogP contribution is -2.48. The SMILES string of the molecule is CCCCOCC(=O)N1CCC[C@]2(CCNC2)C1. The molecular formula is C14H26N2O2. The van der Waals surface area contributed by atoms with Gasteiger partial charge in [-0.3, -0.25) is 4.79 Å². The van der Waals surface area contributed by atoms with Gasteiger partial charge in [-0.15, -0.1) is 0 Å². The van der Waals surface area contributed by atoms with Crippen LogP contribution in [-0.2, 0) is 9.53 Å². The van der Waals surface area contributed by atoms with E-state index in [-0.39, 0.29) is 12.5 Å². The molecule has 18 heavy (non-hydrogen) atoms. The zero-order valence-corrected chi connectivity index (χ0v) is 11.5. The van der Waals surface area contributed by atoms with E-state index in [0.717, 1.165) is 45.4 Å². The van der Waals surface area contributed by atoms with Gasteiger partial charge in [-0.05, 0) is 32.2 Å². The number of ether oxygens (including phenoxy) is 1. The molecule has 0 aliphatic carbocycles. The van der Waals surface area contributed by atoms with Crippen molar-refractivity contribution in [3.8, 4) is 0 Å². The smallest absolute Gasteiger partial charge is 0.248 e. The summed E-state index contributed by atoms with van der Waals surface area (Å²) in [7, 11) is 0. The minimum atomic E-state index is 0.178. The molecule has 0 radical (unpaired) electrons. The summed E-state index contributed by atoms with van der Waals surface area (Å²) in [5, 5.41) is 3.43. The van der Waals surface area contributed by atoms with E-state index < -0.39 is 0 Å². The van der Waals surface area contributed by atoms with Crippen LogP contribution < -0.4 is 5.32 Å². The van der Waals surface area contributed by atoms with Gasteiger partial charge in [-0.2, -0.15) is 0 Å². The summed E-state index contributed by atoms with van der Waals surface area (Å²) in [6.07, 6.45) is 5.78. The first-order valence-electron chi connectivity index (χ1n) is 7.32. The second-order valence-electron chi connectivity index (χ2n) is 5.75. The number of rotatable bonds is 5. The summed E-state index contributed by atoms with van der Waals surface area (Å²) in [5.41, 5.74) is 0.358. The average Bonchev–Trinajstić information content (AvgIpc) is 2.82. The molecule has 0 bridgehead atoms. The molecule has 104 valence electrons. The van der Waals surface area contributed by atoms with E-state index in [9.17, 15) is 4.79 Å². The van der Waals surface area contributed by atoms with Crippen LogP contribution in [-0.4, -0.2) is 50.2 Å². The first kappa shape index (κ1) is 13.8. The van der Waals surface area contributed by atoms with Gasteiger partial charge in [0.25, 0.3) is 0 Å². The zero-order valence-electron chi connectivity index (χ0n) is 11.5. The summed E-state index contributed by atoms with van der Waals surface area (Å²) in [6.45, 7) is 7.13. The topological polar surface area (TPSA) is 41.6 Å². The number of likely N-dealkylation sites (tertiary alicyclic amines) is 1.